The minimum atomic E-state index is -1.35. The highest BCUT2D eigenvalue weighted by atomic mass is 19.2. The van der Waals surface area contributed by atoms with Crippen molar-refractivity contribution in [2.24, 2.45) is 0 Å². The van der Waals surface area contributed by atoms with Crippen molar-refractivity contribution in [2.75, 3.05) is 5.32 Å². The number of hydrogen-bond acceptors (Lipinski definition) is 3. The summed E-state index contributed by atoms with van der Waals surface area (Å²) in [4.78, 5) is 7.35. The first kappa shape index (κ1) is 12.4. The molecule has 0 saturated heterocycles. The van der Waals surface area contributed by atoms with Gasteiger partial charge in [0.2, 0.25) is 0 Å². The Balaban J connectivity index is 1.99. The number of aromatic nitrogens is 2. The predicted octanol–water partition coefficient (Wildman–Crippen LogP) is 3.79. The van der Waals surface area contributed by atoms with Gasteiger partial charge in [-0.3, -0.25) is 4.98 Å². The normalized spacial score (nSPS) is 10.8. The minimum Gasteiger partial charge on any atom is -0.338 e. The van der Waals surface area contributed by atoms with E-state index in [4.69, 9.17) is 0 Å². The molecular weight excluding hydrogens is 267 g/mol. The second-order valence-corrected chi connectivity index (χ2v) is 4.13. The van der Waals surface area contributed by atoms with Crippen LogP contribution in [0.15, 0.2) is 42.6 Å². The van der Waals surface area contributed by atoms with Gasteiger partial charge < -0.3 is 5.32 Å². The lowest BCUT2D eigenvalue weighted by atomic mass is 10.2. The monoisotopic (exact) mass is 275 g/mol. The molecule has 0 spiro atoms. The number of pyridine rings is 2. The number of nitrogens with one attached hydrogen (secondary N) is 1. The average molecular weight is 275 g/mol. The Hall–Kier alpha value is -2.63. The second kappa shape index (κ2) is 4.80. The zero-order valence-electron chi connectivity index (χ0n) is 10.1. The summed E-state index contributed by atoms with van der Waals surface area (Å²) in [5, 5.41) is 3.45. The van der Waals surface area contributed by atoms with Crippen LogP contribution in [-0.2, 0) is 0 Å². The van der Waals surface area contributed by atoms with Crippen molar-refractivity contribution in [1.82, 2.24) is 9.97 Å². The predicted molar refractivity (Wildman–Crippen MR) is 69.1 cm³/mol. The van der Waals surface area contributed by atoms with E-state index in [9.17, 15) is 13.2 Å². The third kappa shape index (κ3) is 2.27. The largest absolute Gasteiger partial charge is 0.338 e. The first-order chi connectivity index (χ1) is 9.63. The van der Waals surface area contributed by atoms with E-state index in [1.807, 2.05) is 6.07 Å². The molecule has 2 aromatic heterocycles. The molecule has 0 fully saturated rings. The van der Waals surface area contributed by atoms with Crippen molar-refractivity contribution in [1.29, 1.82) is 0 Å². The van der Waals surface area contributed by atoms with E-state index in [1.165, 1.54) is 0 Å². The molecule has 0 saturated carbocycles. The van der Waals surface area contributed by atoms with Crippen molar-refractivity contribution < 1.29 is 13.2 Å². The average Bonchev–Trinajstić information content (AvgIpc) is 2.44. The molecule has 0 radical (unpaired) electrons. The van der Waals surface area contributed by atoms with E-state index in [0.29, 0.717) is 11.8 Å². The highest BCUT2D eigenvalue weighted by Crippen LogP contribution is 2.22. The van der Waals surface area contributed by atoms with Crippen LogP contribution in [0.25, 0.3) is 10.9 Å². The zero-order chi connectivity index (χ0) is 14.1. The molecule has 0 unspecified atom stereocenters. The van der Waals surface area contributed by atoms with Gasteiger partial charge in [-0.1, -0.05) is 6.07 Å². The maximum absolute atomic E-state index is 13.5. The fourth-order valence-corrected chi connectivity index (χ4v) is 1.82. The standard InChI is InChI=1S/C14H8F3N3/c15-10-7-11(16)14(20-13(10)17)19-9-3-4-12-8(6-9)2-1-5-18-12/h1-7H,(H,19,20). The van der Waals surface area contributed by atoms with Gasteiger partial charge in [-0.25, -0.2) is 8.78 Å². The molecule has 100 valence electrons. The van der Waals surface area contributed by atoms with Crippen LogP contribution in [0, 0.1) is 17.6 Å². The third-order valence-electron chi connectivity index (χ3n) is 2.75. The summed E-state index contributed by atoms with van der Waals surface area (Å²) < 4.78 is 39.3. The molecule has 0 bridgehead atoms. The molecule has 0 aliphatic heterocycles. The van der Waals surface area contributed by atoms with E-state index in [2.05, 4.69) is 15.3 Å². The summed E-state index contributed by atoms with van der Waals surface area (Å²) in [5.74, 6) is -4.01. The van der Waals surface area contributed by atoms with Crippen LogP contribution in [0.4, 0.5) is 24.7 Å². The van der Waals surface area contributed by atoms with Gasteiger partial charge in [0.25, 0.3) is 5.95 Å². The molecule has 2 heterocycles. The molecule has 6 heteroatoms. The van der Waals surface area contributed by atoms with Crippen LogP contribution in [0.3, 0.4) is 0 Å². The fraction of sp³-hybridized carbons (Fsp3) is 0. The van der Waals surface area contributed by atoms with Crippen LogP contribution >= 0.6 is 0 Å². The molecule has 1 aromatic carbocycles. The molecular formula is C14H8F3N3. The molecule has 1 N–H and O–H groups in total. The summed E-state index contributed by atoms with van der Waals surface area (Å²) in [6.07, 6.45) is 1.66. The SMILES string of the molecule is Fc1cc(F)c(Nc2ccc3ncccc3c2)nc1F. The lowest BCUT2D eigenvalue weighted by molar-refractivity contribution is 0.467. The summed E-state index contributed by atoms with van der Waals surface area (Å²) in [7, 11) is 0. The highest BCUT2D eigenvalue weighted by Gasteiger charge is 2.11. The minimum absolute atomic E-state index is 0.368. The van der Waals surface area contributed by atoms with E-state index in [0.717, 1.165) is 10.9 Å². The van der Waals surface area contributed by atoms with Gasteiger partial charge in [-0.2, -0.15) is 9.37 Å². The van der Waals surface area contributed by atoms with Gasteiger partial charge in [-0.05, 0) is 24.3 Å². The van der Waals surface area contributed by atoms with Crippen molar-refractivity contribution in [3.8, 4) is 0 Å². The van der Waals surface area contributed by atoms with Gasteiger partial charge in [0.1, 0.15) is 0 Å². The van der Waals surface area contributed by atoms with Crippen LogP contribution in [0.2, 0.25) is 0 Å². The second-order valence-electron chi connectivity index (χ2n) is 4.13. The van der Waals surface area contributed by atoms with Crippen LogP contribution in [-0.4, -0.2) is 9.97 Å². The van der Waals surface area contributed by atoms with Crippen LogP contribution < -0.4 is 5.32 Å². The molecule has 0 aliphatic carbocycles. The molecule has 0 atom stereocenters. The molecule has 3 aromatic rings. The van der Waals surface area contributed by atoms with Crippen molar-refractivity contribution in [3.63, 3.8) is 0 Å². The molecule has 0 aliphatic rings. The Labute approximate surface area is 112 Å². The highest BCUT2D eigenvalue weighted by molar-refractivity contribution is 5.83. The van der Waals surface area contributed by atoms with E-state index in [-0.39, 0.29) is 5.82 Å². The number of fused-ring (bicyclic) bond motifs is 1. The van der Waals surface area contributed by atoms with E-state index >= 15 is 0 Å². The van der Waals surface area contributed by atoms with Gasteiger partial charge in [0.15, 0.2) is 17.5 Å². The fourth-order valence-electron chi connectivity index (χ4n) is 1.82. The topological polar surface area (TPSA) is 37.8 Å². The smallest absolute Gasteiger partial charge is 0.251 e. The zero-order valence-corrected chi connectivity index (χ0v) is 10.1. The lowest BCUT2D eigenvalue weighted by Gasteiger charge is -2.08. The summed E-state index contributed by atoms with van der Waals surface area (Å²) >= 11 is 0. The number of nitrogens with zero attached hydrogens (tertiary/aromatic N) is 2. The van der Waals surface area contributed by atoms with Crippen molar-refractivity contribution >= 4 is 22.4 Å². The third-order valence-corrected chi connectivity index (χ3v) is 2.75. The number of rotatable bonds is 2. The summed E-state index contributed by atoms with van der Waals surface area (Å²) in [6, 6.07) is 9.15. The van der Waals surface area contributed by atoms with E-state index in [1.54, 1.807) is 30.5 Å². The van der Waals surface area contributed by atoms with Crippen LogP contribution in [0.5, 0.6) is 0 Å². The maximum atomic E-state index is 13.5. The Bertz CT molecular complexity index is 790. The van der Waals surface area contributed by atoms with Gasteiger partial charge in [-0.15, -0.1) is 0 Å². The van der Waals surface area contributed by atoms with Crippen molar-refractivity contribution in [2.45, 2.75) is 0 Å². The molecule has 20 heavy (non-hydrogen) atoms. The summed E-state index contributed by atoms with van der Waals surface area (Å²) in [6.45, 7) is 0. The number of hydrogen-bond donors (Lipinski definition) is 1. The van der Waals surface area contributed by atoms with Gasteiger partial charge in [0, 0.05) is 23.3 Å². The molecule has 0 amide bonds. The quantitative estimate of drug-likeness (QED) is 0.723. The number of halogens is 3. The lowest BCUT2D eigenvalue weighted by Crippen LogP contribution is -2.01. The first-order valence-corrected chi connectivity index (χ1v) is 5.77. The molecule has 3 nitrogen and oxygen atoms in total. The first-order valence-electron chi connectivity index (χ1n) is 5.77. The van der Waals surface area contributed by atoms with Crippen molar-refractivity contribution in [3.05, 3.63) is 60.2 Å². The van der Waals surface area contributed by atoms with Crippen LogP contribution in [0.1, 0.15) is 0 Å². The van der Waals surface area contributed by atoms with Gasteiger partial charge >= 0.3 is 0 Å². The maximum Gasteiger partial charge on any atom is 0.251 e. The Morgan fingerprint density at radius 1 is 0.950 bits per heavy atom. The Morgan fingerprint density at radius 2 is 1.80 bits per heavy atom. The van der Waals surface area contributed by atoms with Gasteiger partial charge in [0.05, 0.1) is 5.52 Å². The Kier molecular flexibility index (Phi) is 2.98. The number of anilines is 2. The molecule has 3 rings (SSSR count). The Morgan fingerprint density at radius 3 is 2.65 bits per heavy atom. The van der Waals surface area contributed by atoms with E-state index < -0.39 is 17.6 Å². The number of benzene rings is 1. The summed E-state index contributed by atoms with van der Waals surface area (Å²) in [5.41, 5.74) is 1.28.